The normalized spacial score (nSPS) is 39.8. The van der Waals surface area contributed by atoms with Crippen molar-refractivity contribution in [3.63, 3.8) is 0 Å². The van der Waals surface area contributed by atoms with Gasteiger partial charge in [-0.1, -0.05) is 25.1 Å². The minimum atomic E-state index is -1.05. The third-order valence-electron chi connectivity index (χ3n) is 7.09. The van der Waals surface area contributed by atoms with Crippen molar-refractivity contribution in [1.82, 2.24) is 4.90 Å². The Bertz CT molecular complexity index is 763. The zero-order valence-corrected chi connectivity index (χ0v) is 13.9. The average molecular weight is 326 g/mol. The first kappa shape index (κ1) is 14.5. The predicted octanol–water partition coefficient (Wildman–Crippen LogP) is 2.00. The van der Waals surface area contributed by atoms with Crippen LogP contribution in [-0.2, 0) is 9.59 Å². The summed E-state index contributed by atoms with van der Waals surface area (Å²) in [5.41, 5.74) is 1.02. The Morgan fingerprint density at radius 3 is 2.83 bits per heavy atom. The second kappa shape index (κ2) is 4.39. The van der Waals surface area contributed by atoms with Crippen molar-refractivity contribution in [2.75, 3.05) is 11.4 Å². The summed E-state index contributed by atoms with van der Waals surface area (Å²) in [6, 6.07) is 7.83. The molecule has 4 heterocycles. The molecule has 5 rings (SSSR count). The molecule has 0 aliphatic carbocycles. The van der Waals surface area contributed by atoms with Gasteiger partial charge in [0.15, 0.2) is 0 Å². The topological polar surface area (TPSA) is 60.9 Å². The van der Waals surface area contributed by atoms with Gasteiger partial charge in [-0.25, -0.2) is 0 Å². The number of rotatable bonds is 1. The minimum Gasteiger partial charge on any atom is -0.382 e. The predicted molar refractivity (Wildman–Crippen MR) is 88.3 cm³/mol. The first-order chi connectivity index (χ1) is 11.6. The molecule has 126 valence electrons. The van der Waals surface area contributed by atoms with E-state index in [-0.39, 0.29) is 23.1 Å². The molecule has 3 saturated heterocycles. The van der Waals surface area contributed by atoms with Gasteiger partial charge in [-0.15, -0.1) is 0 Å². The molecule has 5 nitrogen and oxygen atoms in total. The number of piperidine rings is 2. The first-order valence-corrected chi connectivity index (χ1v) is 9.00. The summed E-state index contributed by atoms with van der Waals surface area (Å²) in [5, 5.41) is 10.9. The number of hydrogen-bond acceptors (Lipinski definition) is 3. The van der Waals surface area contributed by atoms with Crippen LogP contribution in [0.4, 0.5) is 5.69 Å². The zero-order valence-electron chi connectivity index (χ0n) is 13.9. The molecule has 2 amide bonds. The first-order valence-electron chi connectivity index (χ1n) is 9.00. The van der Waals surface area contributed by atoms with Crippen molar-refractivity contribution in [3.8, 4) is 0 Å². The lowest BCUT2D eigenvalue weighted by molar-refractivity contribution is -0.151. The van der Waals surface area contributed by atoms with Crippen molar-refractivity contribution in [2.45, 2.75) is 56.7 Å². The summed E-state index contributed by atoms with van der Waals surface area (Å²) in [7, 11) is 0. The molecule has 1 aromatic rings. The van der Waals surface area contributed by atoms with Crippen molar-refractivity contribution in [3.05, 3.63) is 29.8 Å². The maximum Gasteiger partial charge on any atom is 0.254 e. The molecule has 3 fully saturated rings. The summed E-state index contributed by atoms with van der Waals surface area (Å²) < 4.78 is 0. The van der Waals surface area contributed by atoms with E-state index in [0.29, 0.717) is 13.0 Å². The number of anilines is 1. The molecular weight excluding hydrogens is 304 g/mol. The van der Waals surface area contributed by atoms with Crippen LogP contribution in [0.15, 0.2) is 24.3 Å². The molecule has 0 aromatic heterocycles. The minimum absolute atomic E-state index is 0.0859. The lowest BCUT2D eigenvalue weighted by Gasteiger charge is -2.62. The number of aliphatic hydroxyl groups excluding tert-OH is 1. The van der Waals surface area contributed by atoms with Crippen LogP contribution in [0.5, 0.6) is 0 Å². The Kier molecular flexibility index (Phi) is 2.65. The maximum atomic E-state index is 13.0. The van der Waals surface area contributed by atoms with E-state index >= 15 is 0 Å². The smallest absolute Gasteiger partial charge is 0.254 e. The van der Waals surface area contributed by atoms with Crippen LogP contribution in [0.2, 0.25) is 0 Å². The summed E-state index contributed by atoms with van der Waals surface area (Å²) in [6.45, 7) is 2.80. The second-order valence-corrected chi connectivity index (χ2v) is 7.66. The van der Waals surface area contributed by atoms with Crippen LogP contribution >= 0.6 is 0 Å². The molecule has 0 saturated carbocycles. The van der Waals surface area contributed by atoms with Crippen LogP contribution in [0.3, 0.4) is 0 Å². The number of amides is 2. The fourth-order valence-corrected chi connectivity index (χ4v) is 6.24. The number of para-hydroxylation sites is 1. The fourth-order valence-electron chi connectivity index (χ4n) is 6.24. The van der Waals surface area contributed by atoms with E-state index in [0.717, 1.165) is 36.9 Å². The van der Waals surface area contributed by atoms with Gasteiger partial charge in [0.25, 0.3) is 5.91 Å². The molecule has 1 spiro atoms. The fraction of sp³-hybridized carbons (Fsp3) is 0.579. The van der Waals surface area contributed by atoms with E-state index in [1.54, 1.807) is 0 Å². The number of aliphatic hydroxyl groups is 1. The third kappa shape index (κ3) is 1.27. The molecule has 1 N–H and O–H groups in total. The highest BCUT2D eigenvalue weighted by molar-refractivity contribution is 6.03. The second-order valence-electron chi connectivity index (χ2n) is 7.66. The van der Waals surface area contributed by atoms with Crippen LogP contribution in [0.1, 0.15) is 50.5 Å². The Hall–Kier alpha value is -1.88. The number of carbonyl (C=O) groups is 2. The van der Waals surface area contributed by atoms with E-state index in [9.17, 15) is 14.7 Å². The molecule has 0 bridgehead atoms. The molecule has 0 unspecified atom stereocenters. The van der Waals surface area contributed by atoms with Crippen molar-refractivity contribution in [2.24, 2.45) is 5.41 Å². The number of carbonyl (C=O) groups excluding carboxylic acids is 2. The van der Waals surface area contributed by atoms with Crippen molar-refractivity contribution in [1.29, 1.82) is 0 Å². The quantitative estimate of drug-likeness (QED) is 0.859. The van der Waals surface area contributed by atoms with E-state index in [1.807, 2.05) is 34.1 Å². The van der Waals surface area contributed by atoms with Gasteiger partial charge in [0.1, 0.15) is 11.8 Å². The van der Waals surface area contributed by atoms with Gasteiger partial charge < -0.3 is 10.0 Å². The maximum absolute atomic E-state index is 13.0. The van der Waals surface area contributed by atoms with Gasteiger partial charge in [0, 0.05) is 24.1 Å². The van der Waals surface area contributed by atoms with E-state index in [4.69, 9.17) is 0 Å². The van der Waals surface area contributed by atoms with Crippen LogP contribution < -0.4 is 4.90 Å². The van der Waals surface area contributed by atoms with Gasteiger partial charge in [0.2, 0.25) is 5.91 Å². The Balaban J connectivity index is 1.87. The van der Waals surface area contributed by atoms with Crippen LogP contribution in [0.25, 0.3) is 0 Å². The lowest BCUT2D eigenvalue weighted by Crippen LogP contribution is -2.73. The molecule has 4 aliphatic heterocycles. The van der Waals surface area contributed by atoms with Crippen LogP contribution in [-0.4, -0.2) is 40.1 Å². The molecule has 5 heteroatoms. The van der Waals surface area contributed by atoms with E-state index in [2.05, 4.69) is 6.92 Å². The largest absolute Gasteiger partial charge is 0.382 e. The third-order valence-corrected chi connectivity index (χ3v) is 7.09. The lowest BCUT2D eigenvalue weighted by atomic mass is 9.58. The summed E-state index contributed by atoms with van der Waals surface area (Å²) in [6.07, 6.45) is 3.14. The van der Waals surface area contributed by atoms with Crippen LogP contribution in [0, 0.1) is 5.41 Å². The van der Waals surface area contributed by atoms with E-state index < -0.39 is 11.8 Å². The molecular formula is C19H22N2O3. The van der Waals surface area contributed by atoms with E-state index in [1.165, 1.54) is 0 Å². The molecule has 1 aromatic carbocycles. The zero-order chi connectivity index (χ0) is 16.7. The molecule has 0 radical (unpaired) electrons. The number of fused-ring (bicyclic) bond motifs is 3. The van der Waals surface area contributed by atoms with Gasteiger partial charge >= 0.3 is 0 Å². The highest BCUT2D eigenvalue weighted by atomic mass is 16.3. The average Bonchev–Trinajstić information content (AvgIpc) is 3.03. The Morgan fingerprint density at radius 2 is 2.04 bits per heavy atom. The highest BCUT2D eigenvalue weighted by Crippen LogP contribution is 2.68. The van der Waals surface area contributed by atoms with Crippen molar-refractivity contribution >= 4 is 17.5 Å². The van der Waals surface area contributed by atoms with Gasteiger partial charge in [-0.3, -0.25) is 14.5 Å². The van der Waals surface area contributed by atoms with Crippen molar-refractivity contribution < 1.29 is 14.7 Å². The molecule has 4 atom stereocenters. The number of nitrogens with zero attached hydrogens (tertiary/aromatic N) is 2. The summed E-state index contributed by atoms with van der Waals surface area (Å²) in [4.78, 5) is 29.6. The summed E-state index contributed by atoms with van der Waals surface area (Å²) in [5.74, 6) is -0.444. The Morgan fingerprint density at radius 1 is 1.25 bits per heavy atom. The standard InChI is InChI=1S/C19H22N2O3/c1-2-18-9-5-11-20-17(24)16(23)15-12-6-3-4-7-13(12)21(19(15,18)20)14(22)8-10-18/h3-4,6-7,15-16,23H,2,5,8-11H2,1H3/t15-,16+,18-,19+/m0/s1. The van der Waals surface area contributed by atoms with Gasteiger partial charge in [-0.2, -0.15) is 0 Å². The van der Waals surface area contributed by atoms with Gasteiger partial charge in [0.05, 0.1) is 5.92 Å². The van der Waals surface area contributed by atoms with Gasteiger partial charge in [-0.05, 0) is 37.3 Å². The Labute approximate surface area is 141 Å². The molecule has 24 heavy (non-hydrogen) atoms. The summed E-state index contributed by atoms with van der Waals surface area (Å²) >= 11 is 0. The molecule has 4 aliphatic rings. The SMILES string of the molecule is CC[C@]12CCCN3C(=O)[C@H](O)[C@@H]4c5ccccc5N(C(=O)CC1)[C@@]432. The monoisotopic (exact) mass is 326 g/mol. The highest BCUT2D eigenvalue weighted by Gasteiger charge is 2.76. The number of benzene rings is 1. The number of hydrogen-bond donors (Lipinski definition) is 1.